The Balaban J connectivity index is 1.98. The van der Waals surface area contributed by atoms with Crippen molar-refractivity contribution >= 4 is 38.9 Å². The fourth-order valence-corrected chi connectivity index (χ4v) is 2.75. The summed E-state index contributed by atoms with van der Waals surface area (Å²) >= 11 is 3.39. The molecule has 1 aromatic carbocycles. The number of nitrogens with two attached hydrogens (primary N) is 1. The molecule has 0 aliphatic carbocycles. The van der Waals surface area contributed by atoms with Gasteiger partial charge in [-0.15, -0.1) is 0 Å². The van der Waals surface area contributed by atoms with Gasteiger partial charge in [0.25, 0.3) is 5.91 Å². The fraction of sp³-hybridized carbons (Fsp3) is 0.0625. The minimum atomic E-state index is -0.548. The normalized spacial score (nSPS) is 10.7. The summed E-state index contributed by atoms with van der Waals surface area (Å²) in [6.45, 7) is 1.82. The Kier molecular flexibility index (Phi) is 3.87. The van der Waals surface area contributed by atoms with Crippen LogP contribution in [0.2, 0.25) is 0 Å². The van der Waals surface area contributed by atoms with Crippen LogP contribution in [0.4, 0.5) is 5.69 Å². The highest BCUT2D eigenvalue weighted by Gasteiger charge is 2.15. The first kappa shape index (κ1) is 15.2. The quantitative estimate of drug-likeness (QED) is 0.740. The van der Waals surface area contributed by atoms with Crippen LogP contribution < -0.4 is 11.1 Å². The van der Waals surface area contributed by atoms with Gasteiger partial charge in [0, 0.05) is 28.1 Å². The molecule has 0 saturated carbocycles. The van der Waals surface area contributed by atoms with E-state index in [1.165, 1.54) is 6.07 Å². The number of carbonyl (C=O) groups excluding carboxylic acids is 2. The molecule has 0 aliphatic heterocycles. The third kappa shape index (κ3) is 3.09. The molecule has 116 valence electrons. The van der Waals surface area contributed by atoms with E-state index in [0.717, 1.165) is 10.2 Å². The molecule has 0 unspecified atom stereocenters. The van der Waals surface area contributed by atoms with Gasteiger partial charge in [0.15, 0.2) is 5.69 Å². The van der Waals surface area contributed by atoms with Gasteiger partial charge in [-0.05, 0) is 47.1 Å². The molecule has 0 radical (unpaired) electrons. The average molecular weight is 373 g/mol. The number of anilines is 1. The first-order chi connectivity index (χ1) is 10.9. The monoisotopic (exact) mass is 372 g/mol. The summed E-state index contributed by atoms with van der Waals surface area (Å²) < 4.78 is 2.69. The standard InChI is InChI=1S/C16H13BrN4O2/c1-9-7-21-8-11(17)6-13(21)14(19-9)16(23)20-12-4-2-3-10(5-12)15(18)22/h2-8H,1H3,(H2,18,22)(H,20,23). The lowest BCUT2D eigenvalue weighted by Gasteiger charge is -2.08. The van der Waals surface area contributed by atoms with E-state index in [2.05, 4.69) is 26.2 Å². The zero-order valence-corrected chi connectivity index (χ0v) is 13.8. The van der Waals surface area contributed by atoms with E-state index in [4.69, 9.17) is 5.73 Å². The summed E-state index contributed by atoms with van der Waals surface area (Å²) in [5, 5.41) is 2.74. The largest absolute Gasteiger partial charge is 0.366 e. The number of nitrogens with one attached hydrogen (secondary N) is 1. The van der Waals surface area contributed by atoms with E-state index in [1.807, 2.05) is 29.8 Å². The van der Waals surface area contributed by atoms with E-state index in [1.54, 1.807) is 18.2 Å². The van der Waals surface area contributed by atoms with Gasteiger partial charge in [-0.25, -0.2) is 4.98 Å². The van der Waals surface area contributed by atoms with Gasteiger partial charge in [0.2, 0.25) is 5.91 Å². The van der Waals surface area contributed by atoms with Crippen LogP contribution in [-0.4, -0.2) is 21.2 Å². The Hall–Kier alpha value is -2.67. The molecular formula is C16H13BrN4O2. The topological polar surface area (TPSA) is 89.5 Å². The Morgan fingerprint density at radius 3 is 2.78 bits per heavy atom. The van der Waals surface area contributed by atoms with Gasteiger partial charge < -0.3 is 15.5 Å². The van der Waals surface area contributed by atoms with Crippen LogP contribution >= 0.6 is 15.9 Å². The number of halogens is 1. The van der Waals surface area contributed by atoms with Crippen molar-refractivity contribution in [3.63, 3.8) is 0 Å². The maximum atomic E-state index is 12.6. The number of hydrogen-bond donors (Lipinski definition) is 2. The van der Waals surface area contributed by atoms with E-state index in [0.29, 0.717) is 22.5 Å². The molecular weight excluding hydrogens is 360 g/mol. The highest BCUT2D eigenvalue weighted by atomic mass is 79.9. The third-order valence-electron chi connectivity index (χ3n) is 3.29. The van der Waals surface area contributed by atoms with Crippen molar-refractivity contribution in [1.82, 2.24) is 9.38 Å². The smallest absolute Gasteiger partial charge is 0.276 e. The highest BCUT2D eigenvalue weighted by Crippen LogP contribution is 2.20. The number of aromatic nitrogens is 2. The molecule has 3 N–H and O–H groups in total. The SMILES string of the molecule is Cc1cn2cc(Br)cc2c(C(=O)Nc2cccc(C(N)=O)c2)n1. The molecule has 2 amide bonds. The molecule has 23 heavy (non-hydrogen) atoms. The van der Waals surface area contributed by atoms with Crippen molar-refractivity contribution in [2.24, 2.45) is 5.73 Å². The zero-order valence-electron chi connectivity index (χ0n) is 12.2. The Morgan fingerprint density at radius 1 is 1.26 bits per heavy atom. The first-order valence-corrected chi connectivity index (χ1v) is 7.59. The number of nitrogens with zero attached hydrogens (tertiary/aromatic N) is 2. The van der Waals surface area contributed by atoms with E-state index >= 15 is 0 Å². The molecule has 7 heteroatoms. The molecule has 0 aliphatic rings. The Bertz CT molecular complexity index is 933. The average Bonchev–Trinajstić information content (AvgIpc) is 2.86. The van der Waals surface area contributed by atoms with Crippen LogP contribution in [0.1, 0.15) is 26.5 Å². The van der Waals surface area contributed by atoms with Gasteiger partial charge in [-0.2, -0.15) is 0 Å². The van der Waals surface area contributed by atoms with Crippen molar-refractivity contribution in [3.05, 3.63) is 64.1 Å². The molecule has 3 rings (SSSR count). The number of benzene rings is 1. The first-order valence-electron chi connectivity index (χ1n) is 6.80. The molecule has 0 bridgehead atoms. The maximum absolute atomic E-state index is 12.6. The highest BCUT2D eigenvalue weighted by molar-refractivity contribution is 9.10. The summed E-state index contributed by atoms with van der Waals surface area (Å²) in [5.41, 5.74) is 7.77. The van der Waals surface area contributed by atoms with Crippen LogP contribution in [0.3, 0.4) is 0 Å². The van der Waals surface area contributed by atoms with Gasteiger partial charge in [-0.1, -0.05) is 6.07 Å². The number of primary amides is 1. The lowest BCUT2D eigenvalue weighted by molar-refractivity contribution is 0.0995. The van der Waals surface area contributed by atoms with E-state index in [9.17, 15) is 9.59 Å². The van der Waals surface area contributed by atoms with Gasteiger partial charge in [0.1, 0.15) is 0 Å². The fourth-order valence-electron chi connectivity index (χ4n) is 2.31. The number of fused-ring (bicyclic) bond motifs is 1. The van der Waals surface area contributed by atoms with Crippen LogP contribution in [0.5, 0.6) is 0 Å². The predicted molar refractivity (Wildman–Crippen MR) is 90.5 cm³/mol. The van der Waals surface area contributed by atoms with Gasteiger partial charge in [-0.3, -0.25) is 9.59 Å². The van der Waals surface area contributed by atoms with E-state index in [-0.39, 0.29) is 5.91 Å². The number of rotatable bonds is 3. The minimum absolute atomic E-state index is 0.306. The van der Waals surface area contributed by atoms with Gasteiger partial charge >= 0.3 is 0 Å². The molecule has 0 saturated heterocycles. The van der Waals surface area contributed by atoms with Gasteiger partial charge in [0.05, 0.1) is 11.2 Å². The number of carbonyl (C=O) groups is 2. The molecule has 3 aromatic rings. The summed E-state index contributed by atoms with van der Waals surface area (Å²) in [6, 6.07) is 8.28. The maximum Gasteiger partial charge on any atom is 0.276 e. The molecule has 2 aromatic heterocycles. The summed E-state index contributed by atoms with van der Waals surface area (Å²) in [5.74, 6) is -0.904. The molecule has 0 spiro atoms. The lowest BCUT2D eigenvalue weighted by atomic mass is 10.2. The molecule has 0 fully saturated rings. The molecule has 2 heterocycles. The van der Waals surface area contributed by atoms with Crippen LogP contribution in [0.25, 0.3) is 5.52 Å². The second kappa shape index (κ2) is 5.85. The van der Waals surface area contributed by atoms with Crippen molar-refractivity contribution in [1.29, 1.82) is 0 Å². The second-order valence-electron chi connectivity index (χ2n) is 5.08. The second-order valence-corrected chi connectivity index (χ2v) is 6.00. The van der Waals surface area contributed by atoms with Crippen molar-refractivity contribution in [3.8, 4) is 0 Å². The predicted octanol–water partition coefficient (Wildman–Crippen LogP) is 2.76. The number of hydrogen-bond acceptors (Lipinski definition) is 3. The minimum Gasteiger partial charge on any atom is -0.366 e. The van der Waals surface area contributed by atoms with Crippen molar-refractivity contribution in [2.45, 2.75) is 6.92 Å². The molecule has 0 atom stereocenters. The Labute approximate surface area is 140 Å². The summed E-state index contributed by atoms with van der Waals surface area (Å²) in [7, 11) is 0. The lowest BCUT2D eigenvalue weighted by Crippen LogP contribution is -2.17. The summed E-state index contributed by atoms with van der Waals surface area (Å²) in [4.78, 5) is 28.1. The van der Waals surface area contributed by atoms with E-state index < -0.39 is 5.91 Å². The number of aryl methyl sites for hydroxylation is 1. The Morgan fingerprint density at radius 2 is 2.04 bits per heavy atom. The van der Waals surface area contributed by atoms with Crippen molar-refractivity contribution < 1.29 is 9.59 Å². The van der Waals surface area contributed by atoms with Crippen LogP contribution in [-0.2, 0) is 0 Å². The molecule has 6 nitrogen and oxygen atoms in total. The van der Waals surface area contributed by atoms with Crippen LogP contribution in [0, 0.1) is 6.92 Å². The number of amides is 2. The third-order valence-corrected chi connectivity index (χ3v) is 3.73. The summed E-state index contributed by atoms with van der Waals surface area (Å²) in [6.07, 6.45) is 3.69. The zero-order chi connectivity index (χ0) is 16.6. The van der Waals surface area contributed by atoms with Crippen molar-refractivity contribution in [2.75, 3.05) is 5.32 Å². The van der Waals surface area contributed by atoms with Crippen LogP contribution in [0.15, 0.2) is 47.2 Å².